The van der Waals surface area contributed by atoms with Gasteiger partial charge in [-0.05, 0) is 13.3 Å². The first kappa shape index (κ1) is 8.31. The lowest BCUT2D eigenvalue weighted by Gasteiger charge is -2.22. The van der Waals surface area contributed by atoms with Gasteiger partial charge in [0.15, 0.2) is 5.79 Å². The number of alkyl halides is 1. The summed E-state index contributed by atoms with van der Waals surface area (Å²) in [4.78, 5) is 0. The average Bonchev–Trinajstić information content (AvgIpc) is 2.33. The molecule has 0 radical (unpaired) electrons. The SMILES string of the molecule is COC1(C)CCC(CCl)O1. The van der Waals surface area contributed by atoms with Crippen molar-refractivity contribution in [2.75, 3.05) is 13.0 Å². The molecule has 0 aromatic heterocycles. The van der Waals surface area contributed by atoms with Gasteiger partial charge >= 0.3 is 0 Å². The first-order valence-corrected chi connectivity index (χ1v) is 4.02. The topological polar surface area (TPSA) is 18.5 Å². The maximum atomic E-state index is 5.61. The van der Waals surface area contributed by atoms with Crippen molar-refractivity contribution in [3.8, 4) is 0 Å². The highest BCUT2D eigenvalue weighted by Crippen LogP contribution is 2.30. The summed E-state index contributed by atoms with van der Waals surface area (Å²) in [5, 5.41) is 0. The zero-order valence-corrected chi connectivity index (χ0v) is 7.15. The monoisotopic (exact) mass is 164 g/mol. The highest BCUT2D eigenvalue weighted by atomic mass is 35.5. The van der Waals surface area contributed by atoms with E-state index in [1.165, 1.54) is 0 Å². The lowest BCUT2D eigenvalue weighted by Crippen LogP contribution is -2.27. The molecule has 0 aliphatic carbocycles. The smallest absolute Gasteiger partial charge is 0.165 e. The van der Waals surface area contributed by atoms with Crippen LogP contribution in [0.1, 0.15) is 19.8 Å². The fourth-order valence-electron chi connectivity index (χ4n) is 1.15. The molecule has 2 atom stereocenters. The third-order valence-corrected chi connectivity index (χ3v) is 2.28. The lowest BCUT2D eigenvalue weighted by atomic mass is 10.2. The van der Waals surface area contributed by atoms with E-state index in [1.807, 2.05) is 6.92 Å². The molecule has 60 valence electrons. The minimum absolute atomic E-state index is 0.187. The standard InChI is InChI=1S/C7H13ClO2/c1-7(9-2)4-3-6(5-8)10-7/h6H,3-5H2,1-2H3. The molecule has 0 bridgehead atoms. The molecular weight excluding hydrogens is 152 g/mol. The number of methoxy groups -OCH3 is 1. The normalized spacial score (nSPS) is 40.5. The Morgan fingerprint density at radius 3 is 2.80 bits per heavy atom. The van der Waals surface area contributed by atoms with Gasteiger partial charge in [-0.3, -0.25) is 0 Å². The Labute approximate surface area is 66.5 Å². The van der Waals surface area contributed by atoms with Gasteiger partial charge in [0.05, 0.1) is 6.10 Å². The predicted molar refractivity (Wildman–Crippen MR) is 40.2 cm³/mol. The van der Waals surface area contributed by atoms with E-state index in [9.17, 15) is 0 Å². The van der Waals surface area contributed by atoms with E-state index in [-0.39, 0.29) is 11.9 Å². The summed E-state index contributed by atoms with van der Waals surface area (Å²) in [6.45, 7) is 1.94. The number of ether oxygens (including phenoxy) is 2. The fourth-order valence-corrected chi connectivity index (χ4v) is 1.37. The minimum atomic E-state index is -0.375. The van der Waals surface area contributed by atoms with Crippen molar-refractivity contribution in [3.63, 3.8) is 0 Å². The molecule has 0 spiro atoms. The van der Waals surface area contributed by atoms with Crippen molar-refractivity contribution in [2.24, 2.45) is 0 Å². The highest BCUT2D eigenvalue weighted by molar-refractivity contribution is 6.18. The second-order valence-electron chi connectivity index (χ2n) is 2.77. The average molecular weight is 165 g/mol. The van der Waals surface area contributed by atoms with Crippen molar-refractivity contribution in [1.82, 2.24) is 0 Å². The van der Waals surface area contributed by atoms with Crippen LogP contribution in [-0.4, -0.2) is 24.9 Å². The number of hydrogen-bond acceptors (Lipinski definition) is 2. The Balaban J connectivity index is 2.41. The Morgan fingerprint density at radius 2 is 2.50 bits per heavy atom. The van der Waals surface area contributed by atoms with Crippen LogP contribution in [0.3, 0.4) is 0 Å². The Bertz CT molecular complexity index is 118. The molecule has 2 nitrogen and oxygen atoms in total. The van der Waals surface area contributed by atoms with Crippen LogP contribution >= 0.6 is 11.6 Å². The number of hydrogen-bond donors (Lipinski definition) is 0. The molecule has 0 aromatic rings. The van der Waals surface area contributed by atoms with Crippen molar-refractivity contribution < 1.29 is 9.47 Å². The maximum Gasteiger partial charge on any atom is 0.165 e. The molecular formula is C7H13ClO2. The van der Waals surface area contributed by atoms with Gasteiger partial charge in [-0.2, -0.15) is 0 Å². The molecule has 1 aliphatic rings. The molecule has 0 aromatic carbocycles. The van der Waals surface area contributed by atoms with Gasteiger partial charge in [0.1, 0.15) is 0 Å². The summed E-state index contributed by atoms with van der Waals surface area (Å²) >= 11 is 5.61. The summed E-state index contributed by atoms with van der Waals surface area (Å²) in [6.07, 6.45) is 2.14. The molecule has 1 fully saturated rings. The van der Waals surface area contributed by atoms with E-state index in [4.69, 9.17) is 21.1 Å². The van der Waals surface area contributed by atoms with Crippen molar-refractivity contribution in [2.45, 2.75) is 31.7 Å². The van der Waals surface area contributed by atoms with E-state index in [0.717, 1.165) is 12.8 Å². The minimum Gasteiger partial charge on any atom is -0.353 e. The van der Waals surface area contributed by atoms with Crippen LogP contribution < -0.4 is 0 Å². The van der Waals surface area contributed by atoms with Crippen LogP contribution in [-0.2, 0) is 9.47 Å². The largest absolute Gasteiger partial charge is 0.353 e. The van der Waals surface area contributed by atoms with Crippen LogP contribution in [0.15, 0.2) is 0 Å². The molecule has 1 saturated heterocycles. The van der Waals surface area contributed by atoms with Gasteiger partial charge in [0.25, 0.3) is 0 Å². The van der Waals surface area contributed by atoms with Crippen LogP contribution in [0.25, 0.3) is 0 Å². The third kappa shape index (κ3) is 1.62. The van der Waals surface area contributed by atoms with E-state index in [1.54, 1.807) is 7.11 Å². The molecule has 0 saturated carbocycles. The maximum absolute atomic E-state index is 5.61. The highest BCUT2D eigenvalue weighted by Gasteiger charge is 2.35. The van der Waals surface area contributed by atoms with Gasteiger partial charge in [-0.1, -0.05) is 0 Å². The number of rotatable bonds is 2. The molecule has 1 rings (SSSR count). The zero-order chi connectivity index (χ0) is 7.61. The Kier molecular flexibility index (Phi) is 2.55. The van der Waals surface area contributed by atoms with Crippen molar-refractivity contribution in [3.05, 3.63) is 0 Å². The molecule has 1 heterocycles. The summed E-state index contributed by atoms with van der Waals surface area (Å²) in [5.41, 5.74) is 0. The van der Waals surface area contributed by atoms with Crippen LogP contribution in [0.2, 0.25) is 0 Å². The summed E-state index contributed by atoms with van der Waals surface area (Å²) in [6, 6.07) is 0. The predicted octanol–water partition coefficient (Wildman–Crippen LogP) is 1.77. The molecule has 1 aliphatic heterocycles. The first-order valence-electron chi connectivity index (χ1n) is 3.49. The molecule has 2 unspecified atom stereocenters. The van der Waals surface area contributed by atoms with Gasteiger partial charge in [-0.15, -0.1) is 11.6 Å². The molecule has 0 N–H and O–H groups in total. The first-order chi connectivity index (χ1) is 4.70. The lowest BCUT2D eigenvalue weighted by molar-refractivity contribution is -0.195. The molecule has 0 amide bonds. The second kappa shape index (κ2) is 3.07. The van der Waals surface area contributed by atoms with Crippen molar-refractivity contribution >= 4 is 11.6 Å². The van der Waals surface area contributed by atoms with Crippen molar-refractivity contribution in [1.29, 1.82) is 0 Å². The van der Waals surface area contributed by atoms with E-state index >= 15 is 0 Å². The van der Waals surface area contributed by atoms with E-state index in [2.05, 4.69) is 0 Å². The van der Waals surface area contributed by atoms with E-state index in [0.29, 0.717) is 5.88 Å². The second-order valence-corrected chi connectivity index (χ2v) is 3.08. The van der Waals surface area contributed by atoms with Crippen LogP contribution in [0, 0.1) is 0 Å². The van der Waals surface area contributed by atoms with Gasteiger partial charge in [0, 0.05) is 19.4 Å². The Morgan fingerprint density at radius 1 is 1.80 bits per heavy atom. The zero-order valence-electron chi connectivity index (χ0n) is 6.39. The number of halogens is 1. The molecule has 3 heteroatoms. The van der Waals surface area contributed by atoms with Crippen LogP contribution in [0.5, 0.6) is 0 Å². The summed E-state index contributed by atoms with van der Waals surface area (Å²) in [5.74, 6) is 0.193. The summed E-state index contributed by atoms with van der Waals surface area (Å²) < 4.78 is 10.6. The van der Waals surface area contributed by atoms with Crippen LogP contribution in [0.4, 0.5) is 0 Å². The quantitative estimate of drug-likeness (QED) is 0.580. The molecule has 10 heavy (non-hydrogen) atoms. The van der Waals surface area contributed by atoms with E-state index < -0.39 is 0 Å². The third-order valence-electron chi connectivity index (χ3n) is 1.94. The summed E-state index contributed by atoms with van der Waals surface area (Å²) in [7, 11) is 1.66. The van der Waals surface area contributed by atoms with Gasteiger partial charge in [-0.25, -0.2) is 0 Å². The fraction of sp³-hybridized carbons (Fsp3) is 1.00. The Hall–Kier alpha value is 0.210. The van der Waals surface area contributed by atoms with Gasteiger partial charge < -0.3 is 9.47 Å². The van der Waals surface area contributed by atoms with Gasteiger partial charge in [0.2, 0.25) is 0 Å².